The number of hydrogen-bond donors (Lipinski definition) is 1. The lowest BCUT2D eigenvalue weighted by Crippen LogP contribution is -2.37. The third-order valence-corrected chi connectivity index (χ3v) is 3.87. The van der Waals surface area contributed by atoms with Gasteiger partial charge >= 0.3 is 0 Å². The van der Waals surface area contributed by atoms with Crippen molar-refractivity contribution in [3.8, 4) is 0 Å². The fraction of sp³-hybridized carbons (Fsp3) is 0.538. The number of hydrogen-bond acceptors (Lipinski definition) is 2. The fourth-order valence-corrected chi connectivity index (χ4v) is 3.14. The number of halogens is 2. The lowest BCUT2D eigenvalue weighted by Gasteiger charge is -2.21. The van der Waals surface area contributed by atoms with E-state index in [1.54, 1.807) is 12.1 Å². The second-order valence-corrected chi connectivity index (χ2v) is 6.01. The summed E-state index contributed by atoms with van der Waals surface area (Å²) in [5, 5.41) is 3.55. The van der Waals surface area contributed by atoms with Gasteiger partial charge in [-0.3, -0.25) is 0 Å². The van der Waals surface area contributed by atoms with Crippen LogP contribution in [0.2, 0.25) is 0 Å². The highest BCUT2D eigenvalue weighted by Crippen LogP contribution is 2.26. The van der Waals surface area contributed by atoms with Crippen LogP contribution in [-0.2, 0) is 0 Å². The third-order valence-electron chi connectivity index (χ3n) is 3.01. The van der Waals surface area contributed by atoms with Crippen LogP contribution in [0.15, 0.2) is 18.2 Å². The van der Waals surface area contributed by atoms with E-state index in [4.69, 9.17) is 0 Å². The van der Waals surface area contributed by atoms with Crippen molar-refractivity contribution in [1.29, 1.82) is 0 Å². The average molecular weight is 348 g/mol. The molecule has 0 spiro atoms. The zero-order valence-corrected chi connectivity index (χ0v) is 12.4. The summed E-state index contributed by atoms with van der Waals surface area (Å²) in [6, 6.07) is 6.09. The van der Waals surface area contributed by atoms with Crippen LogP contribution in [0.3, 0.4) is 0 Å². The molecule has 1 atom stereocenters. The van der Waals surface area contributed by atoms with Crippen LogP contribution in [0.25, 0.3) is 0 Å². The minimum absolute atomic E-state index is 0.158. The largest absolute Gasteiger partial charge is 0.369 e. The van der Waals surface area contributed by atoms with Crippen LogP contribution in [0, 0.1) is 9.39 Å². The van der Waals surface area contributed by atoms with Crippen LogP contribution in [0.4, 0.5) is 10.1 Å². The van der Waals surface area contributed by atoms with Gasteiger partial charge < -0.3 is 10.2 Å². The van der Waals surface area contributed by atoms with Crippen LogP contribution < -0.4 is 10.2 Å². The molecule has 1 saturated heterocycles. The van der Waals surface area contributed by atoms with Gasteiger partial charge in [-0.1, -0.05) is 13.8 Å². The number of anilines is 1. The molecule has 17 heavy (non-hydrogen) atoms. The Labute approximate surface area is 116 Å². The molecule has 2 nitrogen and oxygen atoms in total. The summed E-state index contributed by atoms with van der Waals surface area (Å²) in [5.74, 6) is -0.158. The van der Waals surface area contributed by atoms with Gasteiger partial charge in [-0.25, -0.2) is 4.39 Å². The van der Waals surface area contributed by atoms with Gasteiger partial charge in [0.05, 0.1) is 5.69 Å². The number of rotatable bonds is 3. The molecule has 0 radical (unpaired) electrons. The van der Waals surface area contributed by atoms with Crippen molar-refractivity contribution in [2.75, 3.05) is 18.0 Å². The first kappa shape index (κ1) is 13.1. The Morgan fingerprint density at radius 1 is 1.47 bits per heavy atom. The molecule has 1 unspecified atom stereocenters. The first-order valence-corrected chi connectivity index (χ1v) is 7.10. The molecule has 1 aromatic carbocycles. The summed E-state index contributed by atoms with van der Waals surface area (Å²) in [6.45, 7) is 6.40. The van der Waals surface area contributed by atoms with Gasteiger partial charge in [-0.15, -0.1) is 0 Å². The predicted molar refractivity (Wildman–Crippen MR) is 78.0 cm³/mol. The lowest BCUT2D eigenvalue weighted by atomic mass is 10.2. The van der Waals surface area contributed by atoms with Crippen LogP contribution >= 0.6 is 22.6 Å². The monoisotopic (exact) mass is 348 g/mol. The normalized spacial score (nSPS) is 20.3. The van der Waals surface area contributed by atoms with Crippen molar-refractivity contribution in [3.63, 3.8) is 0 Å². The van der Waals surface area contributed by atoms with Crippen molar-refractivity contribution >= 4 is 28.3 Å². The van der Waals surface area contributed by atoms with Crippen molar-refractivity contribution in [1.82, 2.24) is 5.32 Å². The quantitative estimate of drug-likeness (QED) is 0.845. The Kier molecular flexibility index (Phi) is 4.25. The van der Waals surface area contributed by atoms with E-state index >= 15 is 0 Å². The lowest BCUT2D eigenvalue weighted by molar-refractivity contribution is 0.492. The Bertz CT molecular complexity index is 395. The van der Waals surface area contributed by atoms with Gasteiger partial charge in [0.15, 0.2) is 0 Å². The number of nitrogens with one attached hydrogen (secondary N) is 1. The van der Waals surface area contributed by atoms with E-state index in [9.17, 15) is 4.39 Å². The highest BCUT2D eigenvalue weighted by molar-refractivity contribution is 14.1. The number of benzene rings is 1. The van der Waals surface area contributed by atoms with Gasteiger partial charge in [0.25, 0.3) is 0 Å². The first-order valence-electron chi connectivity index (χ1n) is 6.02. The summed E-state index contributed by atoms with van der Waals surface area (Å²) in [7, 11) is 0. The summed E-state index contributed by atoms with van der Waals surface area (Å²) in [4.78, 5) is 2.33. The molecule has 0 saturated carbocycles. The van der Waals surface area contributed by atoms with Crippen LogP contribution in [0.5, 0.6) is 0 Å². The number of nitrogens with zero attached hydrogens (tertiary/aromatic N) is 1. The first-order chi connectivity index (χ1) is 8.06. The van der Waals surface area contributed by atoms with E-state index < -0.39 is 0 Å². The molecule has 1 aliphatic heterocycles. The molecule has 4 heteroatoms. The van der Waals surface area contributed by atoms with Gasteiger partial charge in [0, 0.05) is 28.7 Å². The van der Waals surface area contributed by atoms with Crippen molar-refractivity contribution in [2.45, 2.75) is 32.4 Å². The van der Waals surface area contributed by atoms with Gasteiger partial charge in [-0.2, -0.15) is 0 Å². The smallest absolute Gasteiger partial charge is 0.124 e. The minimum atomic E-state index is -0.158. The van der Waals surface area contributed by atoms with Gasteiger partial charge in [0.1, 0.15) is 5.82 Å². The van der Waals surface area contributed by atoms with E-state index in [0.717, 1.165) is 28.8 Å². The summed E-state index contributed by atoms with van der Waals surface area (Å²) in [6.07, 6.45) is 1.16. The van der Waals surface area contributed by atoms with Gasteiger partial charge in [-0.05, 0) is 47.2 Å². The minimum Gasteiger partial charge on any atom is -0.369 e. The Morgan fingerprint density at radius 3 is 2.88 bits per heavy atom. The van der Waals surface area contributed by atoms with Crippen LogP contribution in [0.1, 0.15) is 20.3 Å². The summed E-state index contributed by atoms with van der Waals surface area (Å²) in [5.41, 5.74) is 1.15. The second-order valence-electron chi connectivity index (χ2n) is 4.85. The molecule has 0 aliphatic carbocycles. The molecule has 0 bridgehead atoms. The second kappa shape index (κ2) is 5.52. The van der Waals surface area contributed by atoms with E-state index in [1.165, 1.54) is 0 Å². The topological polar surface area (TPSA) is 15.3 Å². The Morgan fingerprint density at radius 2 is 2.24 bits per heavy atom. The summed E-state index contributed by atoms with van der Waals surface area (Å²) >= 11 is 2.21. The van der Waals surface area contributed by atoms with E-state index in [0.29, 0.717) is 12.1 Å². The molecule has 1 aliphatic rings. The zero-order valence-electron chi connectivity index (χ0n) is 10.2. The molecule has 0 amide bonds. The molecule has 0 aromatic heterocycles. The fourth-order valence-electron chi connectivity index (χ4n) is 2.32. The van der Waals surface area contributed by atoms with Crippen molar-refractivity contribution in [2.24, 2.45) is 0 Å². The van der Waals surface area contributed by atoms with Crippen LogP contribution in [-0.4, -0.2) is 25.2 Å². The molecular formula is C13H18FIN2. The molecule has 1 fully saturated rings. The Balaban J connectivity index is 2.05. The molecular weight excluding hydrogens is 330 g/mol. The summed E-state index contributed by atoms with van der Waals surface area (Å²) < 4.78 is 14.0. The maximum absolute atomic E-state index is 13.0. The van der Waals surface area contributed by atoms with E-state index in [2.05, 4.69) is 46.7 Å². The van der Waals surface area contributed by atoms with Crippen molar-refractivity contribution < 1.29 is 4.39 Å². The SMILES string of the molecule is CC(C)NC1CCN(c2ccc(F)cc2I)C1. The third kappa shape index (κ3) is 3.31. The standard InChI is InChI=1S/C13H18FIN2/c1-9(2)16-11-5-6-17(8-11)13-4-3-10(14)7-12(13)15/h3-4,7,9,11,16H,5-6,8H2,1-2H3. The van der Waals surface area contributed by atoms with Crippen molar-refractivity contribution in [3.05, 3.63) is 27.6 Å². The predicted octanol–water partition coefficient (Wildman–Crippen LogP) is 3.01. The zero-order chi connectivity index (χ0) is 12.4. The maximum atomic E-state index is 13.0. The molecule has 1 N–H and O–H groups in total. The molecule has 94 valence electrons. The van der Waals surface area contributed by atoms with Gasteiger partial charge in [0.2, 0.25) is 0 Å². The average Bonchev–Trinajstić information content (AvgIpc) is 2.65. The molecule has 1 heterocycles. The van der Waals surface area contributed by atoms with E-state index in [-0.39, 0.29) is 5.82 Å². The molecule has 1 aromatic rings. The highest BCUT2D eigenvalue weighted by Gasteiger charge is 2.24. The maximum Gasteiger partial charge on any atom is 0.124 e. The molecule has 2 rings (SSSR count). The Hall–Kier alpha value is -0.360. The highest BCUT2D eigenvalue weighted by atomic mass is 127. The van der Waals surface area contributed by atoms with E-state index in [1.807, 2.05) is 6.07 Å².